The smallest absolute Gasteiger partial charge is 0.308 e. The summed E-state index contributed by atoms with van der Waals surface area (Å²) in [6, 6.07) is 2.70. The summed E-state index contributed by atoms with van der Waals surface area (Å²) in [4.78, 5) is 11.6. The van der Waals surface area contributed by atoms with E-state index >= 15 is 0 Å². The van der Waals surface area contributed by atoms with Gasteiger partial charge in [0, 0.05) is 18.8 Å². The normalized spacial score (nSPS) is 26.9. The third-order valence-corrected chi connectivity index (χ3v) is 5.30. The van der Waals surface area contributed by atoms with Crippen molar-refractivity contribution >= 4 is 5.97 Å². The van der Waals surface area contributed by atoms with Gasteiger partial charge >= 0.3 is 5.97 Å². The summed E-state index contributed by atoms with van der Waals surface area (Å²) in [5.74, 6) is -0.896. The van der Waals surface area contributed by atoms with E-state index in [9.17, 15) is 9.90 Å². The molecule has 0 unspecified atom stereocenters. The number of carbonyl (C=O) groups is 1. The number of aliphatic carboxylic acids is 1. The molecule has 3 rings (SSSR count). The average molecular weight is 305 g/mol. The van der Waals surface area contributed by atoms with Crippen LogP contribution < -0.4 is 5.32 Å². The van der Waals surface area contributed by atoms with Gasteiger partial charge in [0.2, 0.25) is 0 Å². The van der Waals surface area contributed by atoms with Gasteiger partial charge in [-0.2, -0.15) is 5.10 Å². The zero-order valence-electron chi connectivity index (χ0n) is 13.2. The van der Waals surface area contributed by atoms with Crippen LogP contribution in [-0.2, 0) is 11.3 Å². The molecule has 2 aliphatic carbocycles. The molecule has 0 saturated heterocycles. The second-order valence-electron chi connectivity index (χ2n) is 6.78. The van der Waals surface area contributed by atoms with Crippen molar-refractivity contribution in [2.24, 2.45) is 5.92 Å². The SMILES string of the molecule is O=C(O)[C@@H]1CCCCCC[C@@H]1NCc1ccnn1C1CCC1. The topological polar surface area (TPSA) is 67.2 Å². The number of aromatic nitrogens is 2. The lowest BCUT2D eigenvalue weighted by Crippen LogP contribution is -2.41. The standard InChI is InChI=1S/C17H27N3O2/c21-17(22)15-8-3-1-2-4-9-16(15)18-12-14-10-11-19-20(14)13-6-5-7-13/h10-11,13,15-16,18H,1-9,12H2,(H,21,22)/t15-,16+/m1/s1. The van der Waals surface area contributed by atoms with E-state index in [2.05, 4.69) is 21.2 Å². The first kappa shape index (κ1) is 15.5. The number of hydrogen-bond donors (Lipinski definition) is 2. The molecule has 0 spiro atoms. The Hall–Kier alpha value is -1.36. The van der Waals surface area contributed by atoms with E-state index in [1.165, 1.54) is 37.8 Å². The van der Waals surface area contributed by atoms with Crippen molar-refractivity contribution in [3.63, 3.8) is 0 Å². The summed E-state index contributed by atoms with van der Waals surface area (Å²) < 4.78 is 2.13. The first-order chi connectivity index (χ1) is 10.8. The summed E-state index contributed by atoms with van der Waals surface area (Å²) >= 11 is 0. The fourth-order valence-electron chi connectivity index (χ4n) is 3.70. The summed E-state index contributed by atoms with van der Waals surface area (Å²) in [6.07, 6.45) is 11.9. The zero-order chi connectivity index (χ0) is 15.4. The monoisotopic (exact) mass is 305 g/mol. The predicted octanol–water partition coefficient (Wildman–Crippen LogP) is 3.12. The Bertz CT molecular complexity index is 496. The molecule has 2 aliphatic rings. The van der Waals surface area contributed by atoms with Crippen LogP contribution in [0.5, 0.6) is 0 Å². The van der Waals surface area contributed by atoms with Crippen LogP contribution in [0.2, 0.25) is 0 Å². The van der Waals surface area contributed by atoms with Crippen LogP contribution in [0.25, 0.3) is 0 Å². The summed E-state index contributed by atoms with van der Waals surface area (Å²) in [5.41, 5.74) is 1.19. The molecule has 122 valence electrons. The Kier molecular flexibility index (Phi) is 5.13. The van der Waals surface area contributed by atoms with Crippen LogP contribution in [0, 0.1) is 5.92 Å². The molecule has 5 nitrogen and oxygen atoms in total. The average Bonchev–Trinajstić information content (AvgIpc) is 2.83. The fraction of sp³-hybridized carbons (Fsp3) is 0.765. The largest absolute Gasteiger partial charge is 0.481 e. The molecule has 0 radical (unpaired) electrons. The molecule has 1 aromatic heterocycles. The summed E-state index contributed by atoms with van der Waals surface area (Å²) in [5, 5.41) is 17.5. The molecular formula is C17H27N3O2. The number of carboxylic acids is 1. The molecule has 1 aromatic rings. The first-order valence-electron chi connectivity index (χ1n) is 8.74. The summed E-state index contributed by atoms with van der Waals surface area (Å²) in [7, 11) is 0. The quantitative estimate of drug-likeness (QED) is 0.877. The van der Waals surface area contributed by atoms with Crippen molar-refractivity contribution < 1.29 is 9.90 Å². The highest BCUT2D eigenvalue weighted by atomic mass is 16.4. The van der Waals surface area contributed by atoms with Gasteiger partial charge < -0.3 is 10.4 Å². The Morgan fingerprint density at radius 1 is 1.18 bits per heavy atom. The lowest BCUT2D eigenvalue weighted by Gasteiger charge is -2.30. The lowest BCUT2D eigenvalue weighted by atomic mass is 9.86. The highest BCUT2D eigenvalue weighted by Crippen LogP contribution is 2.32. The van der Waals surface area contributed by atoms with Crippen molar-refractivity contribution in [1.82, 2.24) is 15.1 Å². The van der Waals surface area contributed by atoms with Crippen molar-refractivity contribution in [2.45, 2.75) is 76.4 Å². The highest BCUT2D eigenvalue weighted by molar-refractivity contribution is 5.70. The molecule has 0 amide bonds. The van der Waals surface area contributed by atoms with Gasteiger partial charge in [0.15, 0.2) is 0 Å². The van der Waals surface area contributed by atoms with Gasteiger partial charge in [-0.15, -0.1) is 0 Å². The second-order valence-corrected chi connectivity index (χ2v) is 6.78. The lowest BCUT2D eigenvalue weighted by molar-refractivity contribution is -0.143. The Morgan fingerprint density at radius 3 is 2.64 bits per heavy atom. The number of nitrogens with one attached hydrogen (secondary N) is 1. The number of hydrogen-bond acceptors (Lipinski definition) is 3. The molecule has 2 atom stereocenters. The molecule has 0 aromatic carbocycles. The third kappa shape index (κ3) is 3.51. The number of nitrogens with zero attached hydrogens (tertiary/aromatic N) is 2. The van der Waals surface area contributed by atoms with Crippen molar-refractivity contribution in [2.75, 3.05) is 0 Å². The van der Waals surface area contributed by atoms with Crippen molar-refractivity contribution in [3.8, 4) is 0 Å². The van der Waals surface area contributed by atoms with Crippen molar-refractivity contribution in [1.29, 1.82) is 0 Å². The van der Waals surface area contributed by atoms with Crippen LogP contribution in [-0.4, -0.2) is 26.9 Å². The minimum atomic E-state index is -0.646. The maximum absolute atomic E-state index is 11.6. The Labute approximate surface area is 132 Å². The van der Waals surface area contributed by atoms with E-state index in [4.69, 9.17) is 0 Å². The second kappa shape index (κ2) is 7.27. The van der Waals surface area contributed by atoms with Crippen molar-refractivity contribution in [3.05, 3.63) is 18.0 Å². The maximum Gasteiger partial charge on any atom is 0.308 e. The molecule has 2 saturated carbocycles. The molecule has 2 fully saturated rings. The molecule has 0 aliphatic heterocycles. The van der Waals surface area contributed by atoms with Gasteiger partial charge in [-0.25, -0.2) is 0 Å². The summed E-state index contributed by atoms with van der Waals surface area (Å²) in [6.45, 7) is 0.727. The van der Waals surface area contributed by atoms with Gasteiger partial charge in [0.1, 0.15) is 0 Å². The van der Waals surface area contributed by atoms with Crippen LogP contribution in [0.1, 0.15) is 69.5 Å². The van der Waals surface area contributed by atoms with Crippen LogP contribution in [0.3, 0.4) is 0 Å². The number of rotatable bonds is 5. The predicted molar refractivity (Wildman–Crippen MR) is 84.6 cm³/mol. The van der Waals surface area contributed by atoms with E-state index < -0.39 is 5.97 Å². The Balaban J connectivity index is 1.62. The Morgan fingerprint density at radius 2 is 1.95 bits per heavy atom. The van der Waals surface area contributed by atoms with Gasteiger partial charge in [0.05, 0.1) is 17.7 Å². The molecular weight excluding hydrogens is 278 g/mol. The van der Waals surface area contributed by atoms with Crippen LogP contribution in [0.15, 0.2) is 12.3 Å². The molecule has 1 heterocycles. The van der Waals surface area contributed by atoms with E-state index in [1.54, 1.807) is 0 Å². The van der Waals surface area contributed by atoms with Gasteiger partial charge in [-0.05, 0) is 38.2 Å². The molecule has 2 N–H and O–H groups in total. The van der Waals surface area contributed by atoms with Crippen LogP contribution in [0.4, 0.5) is 0 Å². The first-order valence-corrected chi connectivity index (χ1v) is 8.74. The van der Waals surface area contributed by atoms with E-state index in [-0.39, 0.29) is 12.0 Å². The van der Waals surface area contributed by atoms with Gasteiger partial charge in [-0.3, -0.25) is 9.48 Å². The maximum atomic E-state index is 11.6. The fourth-order valence-corrected chi connectivity index (χ4v) is 3.70. The minimum absolute atomic E-state index is 0.0857. The van der Waals surface area contributed by atoms with Crippen LogP contribution >= 0.6 is 0 Å². The van der Waals surface area contributed by atoms with E-state index in [1.807, 2.05) is 6.20 Å². The minimum Gasteiger partial charge on any atom is -0.481 e. The third-order valence-electron chi connectivity index (χ3n) is 5.30. The molecule has 5 heteroatoms. The number of carboxylic acid groups (broad SMARTS) is 1. The molecule has 0 bridgehead atoms. The van der Waals surface area contributed by atoms with Gasteiger partial charge in [0.25, 0.3) is 0 Å². The zero-order valence-corrected chi connectivity index (χ0v) is 13.2. The highest BCUT2D eigenvalue weighted by Gasteiger charge is 2.29. The molecule has 22 heavy (non-hydrogen) atoms. The van der Waals surface area contributed by atoms with E-state index in [0.717, 1.165) is 32.2 Å². The van der Waals surface area contributed by atoms with Gasteiger partial charge in [-0.1, -0.05) is 25.7 Å². The van der Waals surface area contributed by atoms with E-state index in [0.29, 0.717) is 6.04 Å².